The number of thiophene rings is 1. The molecular formula is C19H30N4OS2. The molecule has 1 N–H and O–H groups in total. The van der Waals surface area contributed by atoms with Crippen LogP contribution >= 0.6 is 22.7 Å². The summed E-state index contributed by atoms with van der Waals surface area (Å²) in [6.45, 7) is 10.9. The zero-order valence-electron chi connectivity index (χ0n) is 16.6. The minimum atomic E-state index is 0.0252. The van der Waals surface area contributed by atoms with Crippen molar-refractivity contribution in [2.24, 2.45) is 4.99 Å². The van der Waals surface area contributed by atoms with Crippen LogP contribution in [0.15, 0.2) is 27.9 Å². The van der Waals surface area contributed by atoms with Crippen molar-refractivity contribution in [2.75, 3.05) is 27.2 Å². The second-order valence-corrected chi connectivity index (χ2v) is 8.78. The summed E-state index contributed by atoms with van der Waals surface area (Å²) in [5, 5.41) is 8.62. The molecule has 2 aromatic rings. The highest BCUT2D eigenvalue weighted by molar-refractivity contribution is 7.10. The molecule has 144 valence electrons. The Morgan fingerprint density at radius 2 is 2.19 bits per heavy atom. The summed E-state index contributed by atoms with van der Waals surface area (Å²) < 4.78 is 5.35. The van der Waals surface area contributed by atoms with E-state index in [1.165, 1.54) is 4.88 Å². The summed E-state index contributed by atoms with van der Waals surface area (Å²) in [6, 6.07) is 4.29. The van der Waals surface area contributed by atoms with E-state index in [-0.39, 0.29) is 11.5 Å². The first kappa shape index (κ1) is 20.9. The van der Waals surface area contributed by atoms with Gasteiger partial charge in [-0.3, -0.25) is 4.99 Å². The topological polar surface area (TPSA) is 49.8 Å². The van der Waals surface area contributed by atoms with Crippen LogP contribution in [0.3, 0.4) is 0 Å². The van der Waals surface area contributed by atoms with Crippen LogP contribution in [0.2, 0.25) is 0 Å². The SMILES string of the molecule is CCNC(=NCC(C)(C)c1cccs1)N(C)Cc1csc(C(C)OC)n1. The van der Waals surface area contributed by atoms with Gasteiger partial charge in [0.25, 0.3) is 0 Å². The summed E-state index contributed by atoms with van der Waals surface area (Å²) in [5.41, 5.74) is 1.07. The van der Waals surface area contributed by atoms with E-state index in [0.717, 1.165) is 36.3 Å². The predicted molar refractivity (Wildman–Crippen MR) is 112 cm³/mol. The van der Waals surface area contributed by atoms with Gasteiger partial charge < -0.3 is 15.0 Å². The molecule has 0 radical (unpaired) electrons. The maximum atomic E-state index is 5.35. The van der Waals surface area contributed by atoms with Gasteiger partial charge in [-0.1, -0.05) is 19.9 Å². The van der Waals surface area contributed by atoms with Crippen LogP contribution in [0.25, 0.3) is 0 Å². The molecule has 26 heavy (non-hydrogen) atoms. The van der Waals surface area contributed by atoms with Crippen molar-refractivity contribution in [1.82, 2.24) is 15.2 Å². The van der Waals surface area contributed by atoms with Gasteiger partial charge in [0.05, 0.1) is 18.8 Å². The van der Waals surface area contributed by atoms with E-state index >= 15 is 0 Å². The number of methoxy groups -OCH3 is 1. The molecule has 0 bridgehead atoms. The molecule has 5 nitrogen and oxygen atoms in total. The van der Waals surface area contributed by atoms with E-state index in [2.05, 4.69) is 65.9 Å². The first-order valence-electron chi connectivity index (χ1n) is 8.88. The fourth-order valence-corrected chi connectivity index (χ4v) is 4.17. The third-order valence-corrected chi connectivity index (χ3v) is 6.47. The van der Waals surface area contributed by atoms with Crippen molar-refractivity contribution in [3.05, 3.63) is 38.5 Å². The second kappa shape index (κ2) is 9.48. The molecule has 0 amide bonds. The minimum absolute atomic E-state index is 0.0252. The summed E-state index contributed by atoms with van der Waals surface area (Å²) >= 11 is 3.43. The Morgan fingerprint density at radius 1 is 1.42 bits per heavy atom. The Kier molecular flexibility index (Phi) is 7.61. The molecule has 1 atom stereocenters. The second-order valence-electron chi connectivity index (χ2n) is 6.94. The predicted octanol–water partition coefficient (Wildman–Crippen LogP) is 4.29. The van der Waals surface area contributed by atoms with E-state index in [4.69, 9.17) is 9.73 Å². The van der Waals surface area contributed by atoms with Gasteiger partial charge in [-0.05, 0) is 25.3 Å². The number of hydrogen-bond acceptors (Lipinski definition) is 5. The molecule has 0 saturated carbocycles. The zero-order chi connectivity index (χ0) is 19.2. The molecule has 1 unspecified atom stereocenters. The molecular weight excluding hydrogens is 364 g/mol. The van der Waals surface area contributed by atoms with Gasteiger partial charge in [0.1, 0.15) is 11.1 Å². The summed E-state index contributed by atoms with van der Waals surface area (Å²) in [7, 11) is 3.77. The van der Waals surface area contributed by atoms with Crippen molar-refractivity contribution in [3.8, 4) is 0 Å². The molecule has 0 aliphatic rings. The van der Waals surface area contributed by atoms with Crippen molar-refractivity contribution >= 4 is 28.6 Å². The average molecular weight is 395 g/mol. The summed E-state index contributed by atoms with van der Waals surface area (Å²) in [6.07, 6.45) is 0.0348. The van der Waals surface area contributed by atoms with Gasteiger partial charge in [-0.2, -0.15) is 0 Å². The van der Waals surface area contributed by atoms with Crippen LogP contribution in [0, 0.1) is 0 Å². The highest BCUT2D eigenvalue weighted by atomic mass is 32.1. The number of thiazole rings is 1. The molecule has 0 fully saturated rings. The largest absolute Gasteiger partial charge is 0.375 e. The standard InChI is InChI=1S/C19H30N4OS2/c1-7-20-18(21-13-19(3,4)16-9-8-10-25-16)23(5)11-15-12-26-17(22-15)14(2)24-6/h8-10,12,14H,7,11,13H2,1-6H3,(H,20,21). The number of aliphatic imine (C=N–C) groups is 1. The van der Waals surface area contributed by atoms with Gasteiger partial charge in [0.2, 0.25) is 0 Å². The van der Waals surface area contributed by atoms with Crippen LogP contribution in [-0.2, 0) is 16.7 Å². The van der Waals surface area contributed by atoms with Crippen LogP contribution in [0.4, 0.5) is 0 Å². The number of ether oxygens (including phenoxy) is 1. The van der Waals surface area contributed by atoms with Gasteiger partial charge >= 0.3 is 0 Å². The number of nitrogens with zero attached hydrogens (tertiary/aromatic N) is 3. The first-order valence-corrected chi connectivity index (χ1v) is 10.6. The van der Waals surface area contributed by atoms with Crippen molar-refractivity contribution in [2.45, 2.75) is 45.8 Å². The molecule has 2 heterocycles. The summed E-state index contributed by atoms with van der Waals surface area (Å²) in [4.78, 5) is 13.1. The van der Waals surface area contributed by atoms with Crippen LogP contribution in [-0.4, -0.2) is 43.1 Å². The molecule has 0 aliphatic heterocycles. The Hall–Kier alpha value is -1.44. The highest BCUT2D eigenvalue weighted by Crippen LogP contribution is 2.27. The van der Waals surface area contributed by atoms with Crippen molar-refractivity contribution in [1.29, 1.82) is 0 Å². The lowest BCUT2D eigenvalue weighted by atomic mass is 9.92. The molecule has 2 aromatic heterocycles. The van der Waals surface area contributed by atoms with Crippen LogP contribution < -0.4 is 5.32 Å². The van der Waals surface area contributed by atoms with Crippen LogP contribution in [0.5, 0.6) is 0 Å². The lowest BCUT2D eigenvalue weighted by molar-refractivity contribution is 0.119. The molecule has 0 saturated heterocycles. The lowest BCUT2D eigenvalue weighted by Crippen LogP contribution is -2.39. The fourth-order valence-electron chi connectivity index (χ4n) is 2.48. The summed E-state index contributed by atoms with van der Waals surface area (Å²) in [5.74, 6) is 0.909. The van der Waals surface area contributed by atoms with Crippen molar-refractivity contribution < 1.29 is 4.74 Å². The van der Waals surface area contributed by atoms with Gasteiger partial charge in [-0.15, -0.1) is 22.7 Å². The first-order chi connectivity index (χ1) is 12.4. The maximum Gasteiger partial charge on any atom is 0.194 e. The van der Waals surface area contributed by atoms with E-state index < -0.39 is 0 Å². The number of nitrogens with one attached hydrogen (secondary N) is 1. The lowest BCUT2D eigenvalue weighted by Gasteiger charge is -2.25. The Bertz CT molecular complexity index is 694. The van der Waals surface area contributed by atoms with Crippen LogP contribution in [0.1, 0.15) is 49.4 Å². The van der Waals surface area contributed by atoms with Crippen molar-refractivity contribution in [3.63, 3.8) is 0 Å². The Morgan fingerprint density at radius 3 is 2.81 bits per heavy atom. The molecule has 0 aliphatic carbocycles. The molecule has 0 spiro atoms. The van der Waals surface area contributed by atoms with E-state index in [0.29, 0.717) is 0 Å². The molecule has 7 heteroatoms. The third-order valence-electron chi connectivity index (χ3n) is 4.18. The van der Waals surface area contributed by atoms with E-state index in [9.17, 15) is 0 Å². The Labute approximate surface area is 165 Å². The zero-order valence-corrected chi connectivity index (χ0v) is 18.2. The number of aromatic nitrogens is 1. The molecule has 0 aromatic carbocycles. The van der Waals surface area contributed by atoms with E-state index in [1.807, 2.05) is 6.92 Å². The van der Waals surface area contributed by atoms with Gasteiger partial charge in [0, 0.05) is 36.4 Å². The average Bonchev–Trinajstić information content (AvgIpc) is 3.29. The molecule has 2 rings (SSSR count). The van der Waals surface area contributed by atoms with Gasteiger partial charge in [0.15, 0.2) is 5.96 Å². The number of guanidine groups is 1. The fraction of sp³-hybridized carbons (Fsp3) is 0.579. The normalized spacial score (nSPS) is 13.7. The third kappa shape index (κ3) is 5.53. The van der Waals surface area contributed by atoms with E-state index in [1.54, 1.807) is 29.8 Å². The highest BCUT2D eigenvalue weighted by Gasteiger charge is 2.22. The number of rotatable bonds is 8. The number of hydrogen-bond donors (Lipinski definition) is 1. The monoisotopic (exact) mass is 394 g/mol. The Balaban J connectivity index is 2.06. The quantitative estimate of drug-likeness (QED) is 0.536. The maximum absolute atomic E-state index is 5.35. The van der Waals surface area contributed by atoms with Gasteiger partial charge in [-0.25, -0.2) is 4.98 Å². The minimum Gasteiger partial charge on any atom is -0.375 e. The smallest absolute Gasteiger partial charge is 0.194 e.